The standard InChI is InChI=1S/C25H20N2O2S/c28-17-23(29)16-22-18-30-24(26-22)27-25(19-10-4-1-5-11-19,20-12-6-2-7-13-20)21-14-8-3-9-15-21/h1-15,17-18H,16H2,(H,26,27). The molecule has 148 valence electrons. The van der Waals surface area contributed by atoms with Crippen molar-refractivity contribution in [3.63, 3.8) is 0 Å². The van der Waals surface area contributed by atoms with Crippen molar-refractivity contribution in [1.29, 1.82) is 0 Å². The molecule has 1 N–H and O–H groups in total. The van der Waals surface area contributed by atoms with Crippen molar-refractivity contribution in [2.24, 2.45) is 0 Å². The van der Waals surface area contributed by atoms with Gasteiger partial charge in [0.05, 0.1) is 12.1 Å². The highest BCUT2D eigenvalue weighted by molar-refractivity contribution is 7.13. The maximum Gasteiger partial charge on any atom is 0.201 e. The van der Waals surface area contributed by atoms with Crippen LogP contribution >= 0.6 is 11.3 Å². The van der Waals surface area contributed by atoms with Crippen LogP contribution in [0.3, 0.4) is 0 Å². The highest BCUT2D eigenvalue weighted by Gasteiger charge is 2.37. The summed E-state index contributed by atoms with van der Waals surface area (Å²) in [6.07, 6.45) is 0.353. The van der Waals surface area contributed by atoms with E-state index < -0.39 is 11.3 Å². The average Bonchev–Trinajstić information content (AvgIpc) is 3.25. The quantitative estimate of drug-likeness (QED) is 0.255. The minimum absolute atomic E-state index is 0.0106. The highest BCUT2D eigenvalue weighted by atomic mass is 32.1. The molecule has 0 saturated heterocycles. The monoisotopic (exact) mass is 412 g/mol. The molecule has 30 heavy (non-hydrogen) atoms. The van der Waals surface area contributed by atoms with Crippen LogP contribution in [0, 0.1) is 0 Å². The van der Waals surface area contributed by atoms with E-state index in [1.54, 1.807) is 0 Å². The summed E-state index contributed by atoms with van der Waals surface area (Å²) in [7, 11) is 0. The van der Waals surface area contributed by atoms with E-state index in [4.69, 9.17) is 0 Å². The van der Waals surface area contributed by atoms with Gasteiger partial charge in [-0.3, -0.25) is 9.59 Å². The van der Waals surface area contributed by atoms with E-state index in [1.165, 1.54) is 11.3 Å². The third-order valence-corrected chi connectivity index (χ3v) is 5.76. The van der Waals surface area contributed by atoms with E-state index in [-0.39, 0.29) is 6.42 Å². The van der Waals surface area contributed by atoms with Crippen LogP contribution < -0.4 is 5.32 Å². The Balaban J connectivity index is 1.87. The van der Waals surface area contributed by atoms with Crippen molar-refractivity contribution < 1.29 is 9.59 Å². The number of anilines is 1. The van der Waals surface area contributed by atoms with Crippen LogP contribution in [0.1, 0.15) is 22.4 Å². The molecule has 4 rings (SSSR count). The van der Waals surface area contributed by atoms with Crippen LogP contribution in [0.4, 0.5) is 5.13 Å². The topological polar surface area (TPSA) is 59.1 Å². The molecule has 0 aliphatic carbocycles. The van der Waals surface area contributed by atoms with Gasteiger partial charge in [-0.1, -0.05) is 91.0 Å². The summed E-state index contributed by atoms with van der Waals surface area (Å²) in [5.74, 6) is -0.479. The Kier molecular flexibility index (Phi) is 5.82. The molecule has 4 aromatic rings. The fraction of sp³-hybridized carbons (Fsp3) is 0.0800. The summed E-state index contributed by atoms with van der Waals surface area (Å²) < 4.78 is 0. The fourth-order valence-corrected chi connectivity index (χ4v) is 4.37. The number of hydrogen-bond acceptors (Lipinski definition) is 5. The first kappa shape index (κ1) is 19.7. The number of carbonyl (C=O) groups is 2. The van der Waals surface area contributed by atoms with Gasteiger partial charge in [-0.25, -0.2) is 4.98 Å². The second-order valence-electron chi connectivity index (χ2n) is 6.88. The van der Waals surface area contributed by atoms with E-state index in [9.17, 15) is 9.59 Å². The molecule has 5 heteroatoms. The molecule has 0 aliphatic rings. The van der Waals surface area contributed by atoms with Crippen LogP contribution in [0.15, 0.2) is 96.4 Å². The van der Waals surface area contributed by atoms with Gasteiger partial charge in [0.2, 0.25) is 5.78 Å². The molecule has 0 bridgehead atoms. The minimum Gasteiger partial charge on any atom is -0.344 e. The maximum atomic E-state index is 11.5. The molecular formula is C25H20N2O2S. The van der Waals surface area contributed by atoms with Gasteiger partial charge in [0.1, 0.15) is 5.54 Å². The van der Waals surface area contributed by atoms with Gasteiger partial charge < -0.3 is 5.32 Å². The van der Waals surface area contributed by atoms with E-state index in [2.05, 4.69) is 46.7 Å². The van der Waals surface area contributed by atoms with Crippen LogP contribution in [-0.2, 0) is 21.5 Å². The first-order valence-electron chi connectivity index (χ1n) is 9.59. The van der Waals surface area contributed by atoms with Gasteiger partial charge in [0.15, 0.2) is 11.4 Å². The van der Waals surface area contributed by atoms with Crippen LogP contribution in [0.2, 0.25) is 0 Å². The number of aldehydes is 1. The largest absolute Gasteiger partial charge is 0.344 e. The number of Topliss-reactive ketones (excluding diaryl/α,β-unsaturated/α-hetero) is 1. The van der Waals surface area contributed by atoms with Crippen molar-refractivity contribution in [1.82, 2.24) is 4.98 Å². The van der Waals surface area contributed by atoms with Crippen molar-refractivity contribution in [3.05, 3.63) is 119 Å². The van der Waals surface area contributed by atoms with Gasteiger partial charge in [0.25, 0.3) is 0 Å². The minimum atomic E-state index is -0.673. The Hall–Kier alpha value is -3.57. The maximum absolute atomic E-state index is 11.5. The number of rotatable bonds is 8. The van der Waals surface area contributed by atoms with E-state index in [1.807, 2.05) is 60.0 Å². The first-order chi connectivity index (χ1) is 14.7. The van der Waals surface area contributed by atoms with Gasteiger partial charge >= 0.3 is 0 Å². The molecule has 0 fully saturated rings. The molecule has 3 aromatic carbocycles. The van der Waals surface area contributed by atoms with Crippen molar-refractivity contribution in [2.75, 3.05) is 5.32 Å². The average molecular weight is 413 g/mol. The summed E-state index contributed by atoms with van der Waals surface area (Å²) >= 11 is 1.42. The Bertz CT molecular complexity index is 1030. The first-order valence-corrected chi connectivity index (χ1v) is 10.5. The molecular weight excluding hydrogens is 392 g/mol. The Morgan fingerprint density at radius 2 is 1.30 bits per heavy atom. The van der Waals surface area contributed by atoms with Crippen molar-refractivity contribution >= 4 is 28.5 Å². The predicted molar refractivity (Wildman–Crippen MR) is 120 cm³/mol. The molecule has 0 spiro atoms. The van der Waals surface area contributed by atoms with E-state index in [0.717, 1.165) is 16.7 Å². The predicted octanol–water partition coefficient (Wildman–Crippen LogP) is 4.86. The summed E-state index contributed by atoms with van der Waals surface area (Å²) in [4.78, 5) is 26.8. The Morgan fingerprint density at radius 1 is 0.833 bits per heavy atom. The number of aromatic nitrogens is 1. The van der Waals surface area contributed by atoms with Crippen LogP contribution in [0.5, 0.6) is 0 Å². The molecule has 0 aliphatic heterocycles. The molecule has 0 radical (unpaired) electrons. The summed E-state index contributed by atoms with van der Waals surface area (Å²) in [6.45, 7) is 0. The van der Waals surface area contributed by atoms with E-state index in [0.29, 0.717) is 17.1 Å². The highest BCUT2D eigenvalue weighted by Crippen LogP contribution is 2.40. The van der Waals surface area contributed by atoms with E-state index >= 15 is 0 Å². The number of nitrogens with one attached hydrogen (secondary N) is 1. The molecule has 1 heterocycles. The third kappa shape index (κ3) is 3.93. The Morgan fingerprint density at radius 3 is 1.73 bits per heavy atom. The smallest absolute Gasteiger partial charge is 0.201 e. The number of hydrogen-bond donors (Lipinski definition) is 1. The van der Waals surface area contributed by atoms with Gasteiger partial charge in [-0.15, -0.1) is 11.3 Å². The summed E-state index contributed by atoms with van der Waals surface area (Å²) in [5, 5.41) is 6.16. The molecule has 0 unspecified atom stereocenters. The molecule has 1 aromatic heterocycles. The fourth-order valence-electron chi connectivity index (χ4n) is 3.61. The van der Waals surface area contributed by atoms with Gasteiger partial charge in [-0.05, 0) is 16.7 Å². The van der Waals surface area contributed by atoms with Crippen LogP contribution in [-0.4, -0.2) is 17.1 Å². The van der Waals surface area contributed by atoms with Gasteiger partial charge in [-0.2, -0.15) is 0 Å². The van der Waals surface area contributed by atoms with Gasteiger partial charge in [0, 0.05) is 5.38 Å². The number of ketones is 1. The zero-order valence-electron chi connectivity index (χ0n) is 16.2. The SMILES string of the molecule is O=CC(=O)Cc1csc(NC(c2ccccc2)(c2ccccc2)c2ccccc2)n1. The normalized spacial score (nSPS) is 11.1. The molecule has 0 saturated carbocycles. The van der Waals surface area contributed by atoms with Crippen LogP contribution in [0.25, 0.3) is 0 Å². The number of nitrogens with zero attached hydrogens (tertiary/aromatic N) is 1. The lowest BCUT2D eigenvalue weighted by molar-refractivity contribution is -0.129. The summed E-state index contributed by atoms with van der Waals surface area (Å²) in [5.41, 5.74) is 3.13. The lowest BCUT2D eigenvalue weighted by Crippen LogP contribution is -2.38. The number of carbonyl (C=O) groups excluding carboxylic acids is 2. The van der Waals surface area contributed by atoms with Crippen molar-refractivity contribution in [2.45, 2.75) is 12.0 Å². The summed E-state index contributed by atoms with van der Waals surface area (Å²) in [6, 6.07) is 30.7. The zero-order valence-corrected chi connectivity index (χ0v) is 17.0. The number of benzene rings is 3. The molecule has 0 amide bonds. The van der Waals surface area contributed by atoms with Crippen molar-refractivity contribution in [3.8, 4) is 0 Å². The number of thiazole rings is 1. The Labute approximate surface area is 179 Å². The lowest BCUT2D eigenvalue weighted by Gasteiger charge is -2.36. The third-order valence-electron chi connectivity index (χ3n) is 4.95. The second-order valence-corrected chi connectivity index (χ2v) is 7.74. The molecule has 0 atom stereocenters. The zero-order chi connectivity index (χ0) is 20.8. The lowest BCUT2D eigenvalue weighted by atomic mass is 9.77. The second kappa shape index (κ2) is 8.84. The molecule has 4 nitrogen and oxygen atoms in total.